The highest BCUT2D eigenvalue weighted by molar-refractivity contribution is 5.81. The van der Waals surface area contributed by atoms with Gasteiger partial charge in [0.1, 0.15) is 5.75 Å². The number of benzene rings is 2. The number of hydrogen-bond acceptors (Lipinski definition) is 4. The van der Waals surface area contributed by atoms with Crippen LogP contribution in [0.3, 0.4) is 0 Å². The van der Waals surface area contributed by atoms with Gasteiger partial charge in [-0.3, -0.25) is 9.59 Å². The average Bonchev–Trinajstić information content (AvgIpc) is 2.84. The zero-order valence-corrected chi connectivity index (χ0v) is 18.7. The lowest BCUT2D eigenvalue weighted by molar-refractivity contribution is -0.141. The predicted molar refractivity (Wildman–Crippen MR) is 123 cm³/mol. The first-order valence-electron chi connectivity index (χ1n) is 11.3. The van der Waals surface area contributed by atoms with Crippen LogP contribution in [0.1, 0.15) is 43.7 Å². The molecule has 1 unspecified atom stereocenters. The molecule has 0 spiro atoms. The number of nitriles is 1. The van der Waals surface area contributed by atoms with Gasteiger partial charge < -0.3 is 14.5 Å². The summed E-state index contributed by atoms with van der Waals surface area (Å²) in [5.74, 6) is 0.722. The number of nitrogens with zero attached hydrogens (tertiary/aromatic N) is 3. The summed E-state index contributed by atoms with van der Waals surface area (Å²) in [5, 5.41) is 8.98. The van der Waals surface area contributed by atoms with E-state index < -0.39 is 0 Å². The Morgan fingerprint density at radius 1 is 1.16 bits per heavy atom. The summed E-state index contributed by atoms with van der Waals surface area (Å²) in [4.78, 5) is 29.7. The van der Waals surface area contributed by atoms with Crippen molar-refractivity contribution in [2.45, 2.75) is 39.2 Å². The SMILES string of the molecule is CCCN(Cc1ccc(C#N)cc1)C(=O)C1CCCN(C(=O)CCOc2ccccc2)C1. The molecular formula is C26H31N3O3. The largest absolute Gasteiger partial charge is 0.493 e. The Kier molecular flexibility index (Phi) is 8.68. The molecule has 3 rings (SSSR count). The minimum absolute atomic E-state index is 0.0348. The molecule has 0 saturated carbocycles. The molecule has 0 bridgehead atoms. The van der Waals surface area contributed by atoms with E-state index in [2.05, 4.69) is 13.0 Å². The number of rotatable bonds is 9. The monoisotopic (exact) mass is 433 g/mol. The van der Waals surface area contributed by atoms with Crippen molar-refractivity contribution in [2.24, 2.45) is 5.92 Å². The Hall–Kier alpha value is -3.33. The van der Waals surface area contributed by atoms with Crippen LogP contribution in [0.4, 0.5) is 0 Å². The fourth-order valence-corrected chi connectivity index (χ4v) is 4.04. The zero-order valence-electron chi connectivity index (χ0n) is 18.7. The lowest BCUT2D eigenvalue weighted by Crippen LogP contribution is -2.47. The normalized spacial score (nSPS) is 15.6. The lowest BCUT2D eigenvalue weighted by Gasteiger charge is -2.35. The van der Waals surface area contributed by atoms with Gasteiger partial charge in [-0.15, -0.1) is 0 Å². The van der Waals surface area contributed by atoms with Gasteiger partial charge in [-0.05, 0) is 49.1 Å². The van der Waals surface area contributed by atoms with Crippen LogP contribution < -0.4 is 4.74 Å². The molecule has 6 nitrogen and oxygen atoms in total. The fraction of sp³-hybridized carbons (Fsp3) is 0.423. The van der Waals surface area contributed by atoms with Crippen molar-refractivity contribution in [3.63, 3.8) is 0 Å². The maximum Gasteiger partial charge on any atom is 0.227 e. The Morgan fingerprint density at radius 2 is 1.91 bits per heavy atom. The minimum Gasteiger partial charge on any atom is -0.493 e. The van der Waals surface area contributed by atoms with Gasteiger partial charge in [0.15, 0.2) is 0 Å². The van der Waals surface area contributed by atoms with Crippen molar-refractivity contribution in [1.82, 2.24) is 9.80 Å². The zero-order chi connectivity index (χ0) is 22.8. The van der Waals surface area contributed by atoms with Crippen LogP contribution in [0.25, 0.3) is 0 Å². The summed E-state index contributed by atoms with van der Waals surface area (Å²) >= 11 is 0. The van der Waals surface area contributed by atoms with Crippen LogP contribution in [-0.2, 0) is 16.1 Å². The van der Waals surface area contributed by atoms with Crippen molar-refractivity contribution >= 4 is 11.8 Å². The van der Waals surface area contributed by atoms with Crippen LogP contribution in [0, 0.1) is 17.2 Å². The van der Waals surface area contributed by atoms with Crippen LogP contribution in [-0.4, -0.2) is 47.9 Å². The highest BCUT2D eigenvalue weighted by atomic mass is 16.5. The molecule has 1 aliphatic heterocycles. The van der Waals surface area contributed by atoms with Gasteiger partial charge in [-0.2, -0.15) is 5.26 Å². The summed E-state index contributed by atoms with van der Waals surface area (Å²) in [7, 11) is 0. The summed E-state index contributed by atoms with van der Waals surface area (Å²) in [6.45, 7) is 4.75. The summed E-state index contributed by atoms with van der Waals surface area (Å²) in [6, 6.07) is 18.9. The molecule has 1 atom stereocenters. The van der Waals surface area contributed by atoms with E-state index in [0.29, 0.717) is 44.8 Å². The van der Waals surface area contributed by atoms with E-state index in [4.69, 9.17) is 10.00 Å². The van der Waals surface area contributed by atoms with E-state index >= 15 is 0 Å². The Balaban J connectivity index is 1.54. The van der Waals surface area contributed by atoms with E-state index in [-0.39, 0.29) is 17.7 Å². The van der Waals surface area contributed by atoms with E-state index in [9.17, 15) is 9.59 Å². The molecule has 168 valence electrons. The van der Waals surface area contributed by atoms with Gasteiger partial charge in [0, 0.05) is 26.2 Å². The number of piperidine rings is 1. The van der Waals surface area contributed by atoms with Crippen molar-refractivity contribution in [1.29, 1.82) is 5.26 Å². The Morgan fingerprint density at radius 3 is 2.59 bits per heavy atom. The van der Waals surface area contributed by atoms with Crippen molar-refractivity contribution in [3.8, 4) is 11.8 Å². The van der Waals surface area contributed by atoms with E-state index in [1.54, 1.807) is 12.1 Å². The predicted octanol–water partition coefficient (Wildman–Crippen LogP) is 4.00. The maximum atomic E-state index is 13.3. The van der Waals surface area contributed by atoms with Gasteiger partial charge in [0.05, 0.1) is 30.6 Å². The lowest BCUT2D eigenvalue weighted by atomic mass is 9.95. The molecule has 2 aromatic carbocycles. The second kappa shape index (κ2) is 11.9. The Labute approximate surface area is 190 Å². The summed E-state index contributed by atoms with van der Waals surface area (Å²) in [6.07, 6.45) is 2.81. The number of ether oxygens (including phenoxy) is 1. The smallest absolute Gasteiger partial charge is 0.227 e. The van der Waals surface area contributed by atoms with Crippen molar-refractivity contribution in [2.75, 3.05) is 26.2 Å². The second-order valence-electron chi connectivity index (χ2n) is 8.16. The van der Waals surface area contributed by atoms with Gasteiger partial charge in [0.25, 0.3) is 0 Å². The third kappa shape index (κ3) is 6.58. The third-order valence-corrected chi connectivity index (χ3v) is 5.71. The molecule has 1 fully saturated rings. The minimum atomic E-state index is -0.173. The maximum absolute atomic E-state index is 13.3. The first-order valence-corrected chi connectivity index (χ1v) is 11.3. The molecule has 0 aromatic heterocycles. The molecule has 1 aliphatic rings. The fourth-order valence-electron chi connectivity index (χ4n) is 4.04. The van der Waals surface area contributed by atoms with Gasteiger partial charge in [0.2, 0.25) is 11.8 Å². The Bertz CT molecular complexity index is 922. The van der Waals surface area contributed by atoms with E-state index in [1.165, 1.54) is 0 Å². The van der Waals surface area contributed by atoms with Crippen LogP contribution in [0.5, 0.6) is 5.75 Å². The van der Waals surface area contributed by atoms with Crippen LogP contribution >= 0.6 is 0 Å². The van der Waals surface area contributed by atoms with Crippen molar-refractivity contribution < 1.29 is 14.3 Å². The number of amides is 2. The first-order chi connectivity index (χ1) is 15.6. The van der Waals surface area contributed by atoms with Crippen molar-refractivity contribution in [3.05, 3.63) is 65.7 Å². The highest BCUT2D eigenvalue weighted by Crippen LogP contribution is 2.21. The molecule has 0 aliphatic carbocycles. The molecule has 32 heavy (non-hydrogen) atoms. The second-order valence-corrected chi connectivity index (χ2v) is 8.16. The summed E-state index contributed by atoms with van der Waals surface area (Å²) < 4.78 is 5.65. The molecule has 0 N–H and O–H groups in total. The number of likely N-dealkylation sites (tertiary alicyclic amines) is 1. The van der Waals surface area contributed by atoms with E-state index in [0.717, 1.165) is 30.6 Å². The van der Waals surface area contributed by atoms with Crippen LogP contribution in [0.2, 0.25) is 0 Å². The molecule has 2 aromatic rings. The van der Waals surface area contributed by atoms with E-state index in [1.807, 2.05) is 52.3 Å². The van der Waals surface area contributed by atoms with Gasteiger partial charge >= 0.3 is 0 Å². The molecule has 1 heterocycles. The average molecular weight is 434 g/mol. The number of hydrogen-bond donors (Lipinski definition) is 0. The first kappa shape index (κ1) is 23.3. The van der Waals surface area contributed by atoms with Crippen LogP contribution in [0.15, 0.2) is 54.6 Å². The molecule has 0 radical (unpaired) electrons. The highest BCUT2D eigenvalue weighted by Gasteiger charge is 2.31. The standard InChI is InChI=1S/C26H31N3O3/c1-2-15-29(19-22-12-10-21(18-27)11-13-22)26(31)23-7-6-16-28(20-23)25(30)14-17-32-24-8-4-3-5-9-24/h3-5,8-13,23H,2,6-7,14-17,19-20H2,1H3. The third-order valence-electron chi connectivity index (χ3n) is 5.71. The topological polar surface area (TPSA) is 73.6 Å². The quantitative estimate of drug-likeness (QED) is 0.599. The molecule has 6 heteroatoms. The number of carbonyl (C=O) groups excluding carboxylic acids is 2. The number of carbonyl (C=O) groups is 2. The summed E-state index contributed by atoms with van der Waals surface area (Å²) in [5.41, 5.74) is 1.62. The number of para-hydroxylation sites is 1. The van der Waals surface area contributed by atoms with Gasteiger partial charge in [-0.1, -0.05) is 37.3 Å². The molecule has 1 saturated heterocycles. The molecular weight excluding hydrogens is 402 g/mol. The molecule has 2 amide bonds. The van der Waals surface area contributed by atoms with Gasteiger partial charge in [-0.25, -0.2) is 0 Å².